The highest BCUT2D eigenvalue weighted by atomic mass is 15.1. The molecule has 11 rings (SSSR count). The van der Waals surface area contributed by atoms with Crippen molar-refractivity contribution in [1.82, 2.24) is 13.8 Å². The lowest BCUT2D eigenvalue weighted by molar-refractivity contribution is 1.23. The molecule has 0 aliphatic heterocycles. The lowest BCUT2D eigenvalue weighted by Gasteiger charge is -2.18. The summed E-state index contributed by atoms with van der Waals surface area (Å²) in [6.45, 7) is 0. The molecule has 0 saturated carbocycles. The van der Waals surface area contributed by atoms with E-state index in [1.54, 1.807) is 0 Å². The summed E-state index contributed by atoms with van der Waals surface area (Å²) >= 11 is 0. The molecule has 0 amide bonds. The fraction of sp³-hybridized carbons (Fsp3) is 0. The Kier molecular flexibility index (Phi) is 5.11. The van der Waals surface area contributed by atoms with Crippen molar-refractivity contribution in [2.24, 2.45) is 0 Å². The normalized spacial score (nSPS) is 12.2. The minimum absolute atomic E-state index is 0.975. The van der Waals surface area contributed by atoms with Gasteiger partial charge in [0.05, 0.1) is 33.1 Å². The first-order valence-corrected chi connectivity index (χ1v) is 16.5. The third-order valence-corrected chi connectivity index (χ3v) is 10.2. The Balaban J connectivity index is 1.22. The number of imidazole rings is 1. The van der Waals surface area contributed by atoms with Gasteiger partial charge in [0.1, 0.15) is 0 Å². The van der Waals surface area contributed by atoms with Gasteiger partial charge in [-0.3, -0.25) is 4.40 Å². The zero-order valence-electron chi connectivity index (χ0n) is 25.9. The van der Waals surface area contributed by atoms with Crippen LogP contribution in [0.4, 0.5) is 0 Å². The summed E-state index contributed by atoms with van der Waals surface area (Å²) in [6, 6.07) is 59.7. The number of hydrogen-bond donors (Lipinski definition) is 0. The summed E-state index contributed by atoms with van der Waals surface area (Å²) in [5.74, 6) is 0. The molecular formula is C45H27N3. The van der Waals surface area contributed by atoms with Crippen LogP contribution in [0.1, 0.15) is 0 Å². The highest BCUT2D eigenvalue weighted by Gasteiger charge is 2.19. The fourth-order valence-corrected chi connectivity index (χ4v) is 8.17. The van der Waals surface area contributed by atoms with E-state index in [1.807, 2.05) is 0 Å². The van der Waals surface area contributed by atoms with Gasteiger partial charge in [-0.15, -0.1) is 0 Å². The molecule has 0 spiro atoms. The molecule has 0 aliphatic rings. The van der Waals surface area contributed by atoms with E-state index < -0.39 is 0 Å². The Morgan fingerprint density at radius 3 is 1.54 bits per heavy atom. The van der Waals surface area contributed by atoms with E-state index >= 15 is 0 Å². The van der Waals surface area contributed by atoms with Crippen molar-refractivity contribution >= 4 is 76.5 Å². The Hall–Kier alpha value is -6.45. The minimum Gasteiger partial charge on any atom is -0.304 e. The predicted octanol–water partition coefficient (Wildman–Crippen LogP) is 11.8. The quantitative estimate of drug-likeness (QED) is 0.179. The van der Waals surface area contributed by atoms with E-state index in [0.717, 1.165) is 27.7 Å². The van der Waals surface area contributed by atoms with E-state index in [2.05, 4.69) is 173 Å². The summed E-state index contributed by atoms with van der Waals surface area (Å²) in [4.78, 5) is 5.15. The molecule has 0 unspecified atom stereocenters. The average Bonchev–Trinajstić information content (AvgIpc) is 3.73. The third-order valence-electron chi connectivity index (χ3n) is 10.2. The maximum Gasteiger partial charge on any atom is 0.162 e. The second-order valence-electron chi connectivity index (χ2n) is 12.8. The van der Waals surface area contributed by atoms with Crippen molar-refractivity contribution in [3.63, 3.8) is 0 Å². The van der Waals surface area contributed by atoms with Crippen molar-refractivity contribution in [2.45, 2.75) is 0 Å². The maximum atomic E-state index is 5.15. The topological polar surface area (TPSA) is 21.7 Å². The smallest absolute Gasteiger partial charge is 0.162 e. The first kappa shape index (κ1) is 25.7. The zero-order valence-corrected chi connectivity index (χ0v) is 25.9. The van der Waals surface area contributed by atoms with Crippen LogP contribution in [0.15, 0.2) is 164 Å². The van der Waals surface area contributed by atoms with Gasteiger partial charge in [0, 0.05) is 5.39 Å². The number of fused-ring (bicyclic) bond motifs is 13. The molecule has 0 bridgehead atoms. The Morgan fingerprint density at radius 1 is 0.333 bits per heavy atom. The number of aromatic nitrogens is 3. The monoisotopic (exact) mass is 609 g/mol. The van der Waals surface area contributed by atoms with E-state index in [4.69, 9.17) is 4.98 Å². The number of rotatable bonds is 2. The van der Waals surface area contributed by atoms with Gasteiger partial charge < -0.3 is 4.40 Å². The van der Waals surface area contributed by atoms with Gasteiger partial charge in [0.15, 0.2) is 5.65 Å². The van der Waals surface area contributed by atoms with Gasteiger partial charge >= 0.3 is 0 Å². The molecule has 0 atom stereocenters. The van der Waals surface area contributed by atoms with E-state index in [0.29, 0.717) is 0 Å². The molecule has 8 aromatic carbocycles. The summed E-state index contributed by atoms with van der Waals surface area (Å²) in [5.41, 5.74) is 12.7. The molecule has 222 valence electrons. The number of nitrogens with zero attached hydrogens (tertiary/aromatic N) is 3. The highest BCUT2D eigenvalue weighted by Crippen LogP contribution is 2.45. The van der Waals surface area contributed by atoms with Crippen molar-refractivity contribution in [3.8, 4) is 22.3 Å². The van der Waals surface area contributed by atoms with Crippen LogP contribution >= 0.6 is 0 Å². The molecule has 3 heteroatoms. The lowest BCUT2D eigenvalue weighted by atomic mass is 9.85. The van der Waals surface area contributed by atoms with E-state index in [1.165, 1.54) is 71.0 Å². The van der Waals surface area contributed by atoms with Crippen molar-refractivity contribution in [3.05, 3.63) is 164 Å². The molecule has 0 aliphatic carbocycles. The number of benzene rings is 8. The van der Waals surface area contributed by atoms with Crippen LogP contribution in [0.2, 0.25) is 0 Å². The van der Waals surface area contributed by atoms with Crippen LogP contribution in [-0.2, 0) is 0 Å². The summed E-state index contributed by atoms with van der Waals surface area (Å²) in [6.07, 6.45) is 0. The second kappa shape index (κ2) is 9.54. The average molecular weight is 610 g/mol. The van der Waals surface area contributed by atoms with Crippen LogP contribution in [0.25, 0.3) is 98.7 Å². The molecule has 3 heterocycles. The van der Waals surface area contributed by atoms with Crippen LogP contribution in [0, 0.1) is 0 Å². The van der Waals surface area contributed by atoms with Gasteiger partial charge in [-0.1, -0.05) is 115 Å². The molecule has 0 fully saturated rings. The summed E-state index contributed by atoms with van der Waals surface area (Å²) in [7, 11) is 0. The molecule has 0 saturated heterocycles. The molecule has 48 heavy (non-hydrogen) atoms. The molecule has 3 aromatic heterocycles. The van der Waals surface area contributed by atoms with Crippen LogP contribution in [-0.4, -0.2) is 13.8 Å². The number of para-hydroxylation sites is 4. The minimum atomic E-state index is 0.975. The Labute approximate surface area is 275 Å². The van der Waals surface area contributed by atoms with Gasteiger partial charge in [0.2, 0.25) is 0 Å². The van der Waals surface area contributed by atoms with E-state index in [-0.39, 0.29) is 0 Å². The SMILES string of the molecule is c1ccc2cc(-c3c4ccccc4c(-c4ccc5c(c4)cc4c6nc7ccccc7n6c6ccccc6n54)c4ccccc34)ccc2c1. The van der Waals surface area contributed by atoms with Crippen molar-refractivity contribution in [1.29, 1.82) is 0 Å². The molecule has 0 radical (unpaired) electrons. The van der Waals surface area contributed by atoms with E-state index in [9.17, 15) is 0 Å². The van der Waals surface area contributed by atoms with Crippen molar-refractivity contribution < 1.29 is 0 Å². The van der Waals surface area contributed by atoms with Crippen molar-refractivity contribution in [2.75, 3.05) is 0 Å². The summed E-state index contributed by atoms with van der Waals surface area (Å²) < 4.78 is 4.70. The standard InChI is InChI=1S/C45H27N3/c1-2-12-29-25-30(22-21-28(29)11-1)43-33-13-3-5-15-35(33)44(36-16-6-4-14-34(36)43)31-23-24-38-32(26-31)27-42-45-46-37-17-7-8-18-39(37)48(45)41-20-10-9-19-40(41)47(38)42/h1-27H. The Morgan fingerprint density at radius 2 is 0.854 bits per heavy atom. The molecule has 3 nitrogen and oxygen atoms in total. The third kappa shape index (κ3) is 3.45. The first-order valence-electron chi connectivity index (χ1n) is 16.5. The fourth-order valence-electron chi connectivity index (χ4n) is 8.17. The largest absolute Gasteiger partial charge is 0.304 e. The van der Waals surface area contributed by atoms with Gasteiger partial charge in [-0.2, -0.15) is 0 Å². The molecular weight excluding hydrogens is 583 g/mol. The van der Waals surface area contributed by atoms with Gasteiger partial charge in [-0.25, -0.2) is 4.98 Å². The van der Waals surface area contributed by atoms with Gasteiger partial charge in [-0.05, 0) is 103 Å². The maximum absolute atomic E-state index is 5.15. The molecule has 11 aromatic rings. The second-order valence-corrected chi connectivity index (χ2v) is 12.8. The first-order chi connectivity index (χ1) is 23.8. The van der Waals surface area contributed by atoms with Crippen LogP contribution < -0.4 is 0 Å². The lowest BCUT2D eigenvalue weighted by Crippen LogP contribution is -1.96. The van der Waals surface area contributed by atoms with Crippen LogP contribution in [0.5, 0.6) is 0 Å². The van der Waals surface area contributed by atoms with Gasteiger partial charge in [0.25, 0.3) is 0 Å². The zero-order chi connectivity index (χ0) is 31.3. The number of hydrogen-bond acceptors (Lipinski definition) is 1. The Bertz CT molecular complexity index is 3070. The van der Waals surface area contributed by atoms with Crippen LogP contribution in [0.3, 0.4) is 0 Å². The highest BCUT2D eigenvalue weighted by molar-refractivity contribution is 6.22. The molecule has 0 N–H and O–H groups in total. The summed E-state index contributed by atoms with van der Waals surface area (Å²) in [5, 5.41) is 8.76. The predicted molar refractivity (Wildman–Crippen MR) is 202 cm³/mol.